The summed E-state index contributed by atoms with van der Waals surface area (Å²) < 4.78 is 24.0. The summed E-state index contributed by atoms with van der Waals surface area (Å²) >= 11 is 0. The number of carbonyl (C=O) groups is 2. The second-order valence-electron chi connectivity index (χ2n) is 10.1. The van der Waals surface area contributed by atoms with Crippen molar-refractivity contribution in [1.29, 1.82) is 0 Å². The maximum absolute atomic E-state index is 13.7. The van der Waals surface area contributed by atoms with Crippen molar-refractivity contribution >= 4 is 27.5 Å². The third-order valence-corrected chi connectivity index (χ3v) is 7.27. The van der Waals surface area contributed by atoms with E-state index >= 15 is 0 Å². The van der Waals surface area contributed by atoms with E-state index in [0.717, 1.165) is 16.8 Å². The highest BCUT2D eigenvalue weighted by molar-refractivity contribution is 7.89. The number of para-hydroxylation sites is 1. The molecule has 0 unspecified atom stereocenters. The average molecular weight is 521 g/mol. The summed E-state index contributed by atoms with van der Waals surface area (Å²) in [5.41, 5.74) is 9.23. The summed E-state index contributed by atoms with van der Waals surface area (Å²) in [6.07, 6.45) is 1.26. The zero-order chi connectivity index (χ0) is 26.8. The van der Waals surface area contributed by atoms with Crippen molar-refractivity contribution in [2.24, 2.45) is 10.9 Å². The molecule has 0 saturated heterocycles. The maximum atomic E-state index is 13.7. The first-order valence-electron chi connectivity index (χ1n) is 12.1. The van der Waals surface area contributed by atoms with Crippen LogP contribution in [-0.2, 0) is 32.6 Å². The number of sulfonamides is 1. The second-order valence-corrected chi connectivity index (χ2v) is 11.6. The van der Waals surface area contributed by atoms with Crippen LogP contribution in [0.25, 0.3) is 11.1 Å². The van der Waals surface area contributed by atoms with Crippen LogP contribution in [0.5, 0.6) is 0 Å². The lowest BCUT2D eigenvalue weighted by Crippen LogP contribution is -2.49. The molecule has 0 aliphatic carbocycles. The van der Waals surface area contributed by atoms with Crippen LogP contribution in [0.4, 0.5) is 5.69 Å². The van der Waals surface area contributed by atoms with Gasteiger partial charge in [0.25, 0.3) is 0 Å². The van der Waals surface area contributed by atoms with E-state index in [9.17, 15) is 18.0 Å². The maximum Gasteiger partial charge on any atom is 0.249 e. The number of fused-ring (bicyclic) bond motifs is 1. The molecule has 5 N–H and O–H groups in total. The SMILES string of the molecule is CC(C)(N)CC(=O)N[C@@H]1CCc2ccccc2N(Cc2ccc(-c3ccccc3S(N)(=O)=O)cc2)C1=O. The Hall–Kier alpha value is -3.53. The molecule has 1 aliphatic rings. The monoisotopic (exact) mass is 520 g/mol. The Bertz CT molecular complexity index is 1410. The normalized spacial score (nSPS) is 16.2. The Labute approximate surface area is 217 Å². The molecule has 0 aromatic heterocycles. The molecule has 3 aromatic carbocycles. The van der Waals surface area contributed by atoms with Gasteiger partial charge in [0, 0.05) is 23.2 Å². The average Bonchev–Trinajstić information content (AvgIpc) is 2.95. The number of hydrogen-bond donors (Lipinski definition) is 3. The van der Waals surface area contributed by atoms with Gasteiger partial charge in [0.05, 0.1) is 11.4 Å². The highest BCUT2D eigenvalue weighted by atomic mass is 32.2. The van der Waals surface area contributed by atoms with Crippen molar-refractivity contribution in [3.63, 3.8) is 0 Å². The third kappa shape index (κ3) is 6.43. The fourth-order valence-corrected chi connectivity index (χ4v) is 5.36. The molecule has 1 heterocycles. The smallest absolute Gasteiger partial charge is 0.249 e. The predicted octanol–water partition coefficient (Wildman–Crippen LogP) is 3.09. The molecule has 9 heteroatoms. The Morgan fingerprint density at radius 1 is 1.03 bits per heavy atom. The predicted molar refractivity (Wildman–Crippen MR) is 144 cm³/mol. The Balaban J connectivity index is 1.61. The van der Waals surface area contributed by atoms with Crippen LogP contribution in [0.2, 0.25) is 0 Å². The Morgan fingerprint density at radius 2 is 1.68 bits per heavy atom. The fourth-order valence-electron chi connectivity index (χ4n) is 4.60. The van der Waals surface area contributed by atoms with Gasteiger partial charge in [-0.2, -0.15) is 0 Å². The summed E-state index contributed by atoms with van der Waals surface area (Å²) in [5, 5.41) is 8.28. The first kappa shape index (κ1) is 26.5. The Kier molecular flexibility index (Phi) is 7.49. The van der Waals surface area contributed by atoms with Gasteiger partial charge in [-0.15, -0.1) is 0 Å². The molecule has 8 nitrogen and oxygen atoms in total. The van der Waals surface area contributed by atoms with Gasteiger partial charge in [-0.25, -0.2) is 13.6 Å². The molecule has 0 saturated carbocycles. The quantitative estimate of drug-likeness (QED) is 0.440. The van der Waals surface area contributed by atoms with Gasteiger partial charge in [-0.3, -0.25) is 9.59 Å². The van der Waals surface area contributed by atoms with Crippen LogP contribution in [0, 0.1) is 0 Å². The van der Waals surface area contributed by atoms with E-state index in [0.29, 0.717) is 30.5 Å². The number of amides is 2. The number of nitrogens with one attached hydrogen (secondary N) is 1. The second kappa shape index (κ2) is 10.5. The standard InChI is InChI=1S/C28H32N4O4S/c1-28(2,29)17-26(33)31-23-16-15-21-7-3-5-9-24(21)32(27(23)34)18-19-11-13-20(14-12-19)22-8-4-6-10-25(22)37(30,35)36/h3-14,23H,15-18,29H2,1-2H3,(H,31,33)(H2,30,35,36)/t23-/m1/s1. The number of anilines is 1. The van der Waals surface area contributed by atoms with Crippen LogP contribution >= 0.6 is 0 Å². The molecule has 37 heavy (non-hydrogen) atoms. The largest absolute Gasteiger partial charge is 0.344 e. The summed E-state index contributed by atoms with van der Waals surface area (Å²) in [4.78, 5) is 28.0. The molecule has 4 rings (SSSR count). The molecular weight excluding hydrogens is 488 g/mol. The summed E-state index contributed by atoms with van der Waals surface area (Å²) in [5.74, 6) is -0.439. The first-order valence-corrected chi connectivity index (χ1v) is 13.7. The van der Waals surface area contributed by atoms with Gasteiger partial charge >= 0.3 is 0 Å². The molecule has 0 radical (unpaired) electrons. The third-order valence-electron chi connectivity index (χ3n) is 6.30. The van der Waals surface area contributed by atoms with E-state index in [-0.39, 0.29) is 23.1 Å². The van der Waals surface area contributed by atoms with E-state index in [4.69, 9.17) is 10.9 Å². The van der Waals surface area contributed by atoms with Gasteiger partial charge in [0.2, 0.25) is 21.8 Å². The Morgan fingerprint density at radius 3 is 2.35 bits per heavy atom. The minimum absolute atomic E-state index is 0.0543. The molecule has 194 valence electrons. The number of aryl methyl sites for hydroxylation is 1. The molecule has 0 fully saturated rings. The van der Waals surface area contributed by atoms with Gasteiger partial charge in [-0.1, -0.05) is 60.7 Å². The van der Waals surface area contributed by atoms with Crippen molar-refractivity contribution in [3.8, 4) is 11.1 Å². The molecule has 2 amide bonds. The van der Waals surface area contributed by atoms with Crippen LogP contribution in [0.15, 0.2) is 77.7 Å². The van der Waals surface area contributed by atoms with Crippen LogP contribution < -0.4 is 21.1 Å². The number of rotatable bonds is 7. The highest BCUT2D eigenvalue weighted by Gasteiger charge is 2.32. The lowest BCUT2D eigenvalue weighted by atomic mass is 10.0. The van der Waals surface area contributed by atoms with E-state index < -0.39 is 21.6 Å². The number of nitrogens with two attached hydrogens (primary N) is 2. The molecule has 1 aliphatic heterocycles. The van der Waals surface area contributed by atoms with Crippen molar-refractivity contribution < 1.29 is 18.0 Å². The van der Waals surface area contributed by atoms with Crippen molar-refractivity contribution in [1.82, 2.24) is 5.32 Å². The lowest BCUT2D eigenvalue weighted by molar-refractivity contribution is -0.128. The summed E-state index contributed by atoms with van der Waals surface area (Å²) in [6, 6.07) is 21.0. The number of hydrogen-bond acceptors (Lipinski definition) is 5. The number of nitrogens with zero attached hydrogens (tertiary/aromatic N) is 1. The zero-order valence-corrected chi connectivity index (χ0v) is 21.8. The number of primary sulfonamides is 1. The number of carbonyl (C=O) groups excluding carboxylic acids is 2. The van der Waals surface area contributed by atoms with Crippen LogP contribution in [0.3, 0.4) is 0 Å². The van der Waals surface area contributed by atoms with Gasteiger partial charge < -0.3 is 16.0 Å². The van der Waals surface area contributed by atoms with E-state index in [1.54, 1.807) is 36.9 Å². The van der Waals surface area contributed by atoms with Gasteiger partial charge in [0.15, 0.2) is 0 Å². The number of benzene rings is 3. The molecule has 0 bridgehead atoms. The topological polar surface area (TPSA) is 136 Å². The van der Waals surface area contributed by atoms with Crippen molar-refractivity contribution in [2.45, 2.75) is 56.1 Å². The van der Waals surface area contributed by atoms with Crippen LogP contribution in [0.1, 0.15) is 37.8 Å². The van der Waals surface area contributed by atoms with Crippen molar-refractivity contribution in [2.75, 3.05) is 4.90 Å². The van der Waals surface area contributed by atoms with E-state index in [2.05, 4.69) is 5.32 Å². The van der Waals surface area contributed by atoms with Crippen LogP contribution in [-0.4, -0.2) is 31.8 Å². The van der Waals surface area contributed by atoms with E-state index in [1.807, 2.05) is 48.5 Å². The lowest BCUT2D eigenvalue weighted by Gasteiger charge is -2.27. The van der Waals surface area contributed by atoms with Gasteiger partial charge in [-0.05, 0) is 55.5 Å². The summed E-state index contributed by atoms with van der Waals surface area (Å²) in [7, 11) is -3.88. The molecular formula is C28H32N4O4S. The van der Waals surface area contributed by atoms with Gasteiger partial charge in [0.1, 0.15) is 6.04 Å². The van der Waals surface area contributed by atoms with Crippen molar-refractivity contribution in [3.05, 3.63) is 83.9 Å². The summed E-state index contributed by atoms with van der Waals surface area (Å²) in [6.45, 7) is 3.84. The molecule has 0 spiro atoms. The zero-order valence-electron chi connectivity index (χ0n) is 21.0. The molecule has 1 atom stereocenters. The molecule has 3 aromatic rings. The minimum Gasteiger partial charge on any atom is -0.344 e. The first-order chi connectivity index (χ1) is 17.4. The van der Waals surface area contributed by atoms with E-state index in [1.165, 1.54) is 6.07 Å². The minimum atomic E-state index is -3.88. The fraction of sp³-hybridized carbons (Fsp3) is 0.286. The highest BCUT2D eigenvalue weighted by Crippen LogP contribution is 2.30.